The van der Waals surface area contributed by atoms with Gasteiger partial charge in [0.05, 0.1) is 5.56 Å². The standard InChI is InChI=1S/C23H19F3N4O/c1-14-7-8-28-21(9-14)30-15(2)10-17(16(30)3)11-18(13-27)22(31)29-20-6-4-5-19(12-20)23(24,25)26/h4-12H,1-3H3,(H,29,31)/b18-11-. The molecule has 0 saturated carbocycles. The smallest absolute Gasteiger partial charge is 0.321 e. The van der Waals surface area contributed by atoms with Gasteiger partial charge in [0.1, 0.15) is 17.5 Å². The first-order chi connectivity index (χ1) is 14.6. The first-order valence-corrected chi connectivity index (χ1v) is 9.32. The van der Waals surface area contributed by atoms with Crippen LogP contribution in [0.4, 0.5) is 18.9 Å². The second-order valence-corrected chi connectivity index (χ2v) is 7.06. The normalized spacial score (nSPS) is 11.8. The number of aryl methyl sites for hydroxylation is 2. The minimum absolute atomic E-state index is 0.0459. The Labute approximate surface area is 177 Å². The molecule has 0 fully saturated rings. The van der Waals surface area contributed by atoms with Gasteiger partial charge in [-0.05, 0) is 74.4 Å². The zero-order valence-electron chi connectivity index (χ0n) is 17.1. The van der Waals surface area contributed by atoms with E-state index in [0.29, 0.717) is 11.4 Å². The fraction of sp³-hybridized carbons (Fsp3) is 0.174. The van der Waals surface area contributed by atoms with Crippen LogP contribution in [0.3, 0.4) is 0 Å². The third kappa shape index (κ3) is 4.83. The Morgan fingerprint density at radius 1 is 1.16 bits per heavy atom. The van der Waals surface area contributed by atoms with E-state index in [9.17, 15) is 23.2 Å². The van der Waals surface area contributed by atoms with Gasteiger partial charge in [-0.2, -0.15) is 18.4 Å². The van der Waals surface area contributed by atoms with Gasteiger partial charge in [0, 0.05) is 23.3 Å². The molecule has 0 aliphatic heterocycles. The lowest BCUT2D eigenvalue weighted by Crippen LogP contribution is -2.14. The second kappa shape index (κ2) is 8.48. The lowest BCUT2D eigenvalue weighted by atomic mass is 10.1. The molecule has 5 nitrogen and oxygen atoms in total. The number of halogens is 3. The number of carbonyl (C=O) groups excluding carboxylic acids is 1. The molecule has 2 heterocycles. The minimum Gasteiger partial charge on any atom is -0.321 e. The maximum absolute atomic E-state index is 12.9. The van der Waals surface area contributed by atoms with Crippen LogP contribution in [-0.2, 0) is 11.0 Å². The summed E-state index contributed by atoms with van der Waals surface area (Å²) in [5.41, 5.74) is 2.14. The van der Waals surface area contributed by atoms with Crippen LogP contribution in [-0.4, -0.2) is 15.5 Å². The van der Waals surface area contributed by atoms with E-state index in [-0.39, 0.29) is 11.3 Å². The van der Waals surface area contributed by atoms with E-state index in [1.807, 2.05) is 49.6 Å². The van der Waals surface area contributed by atoms with Crippen molar-refractivity contribution in [2.45, 2.75) is 26.9 Å². The number of aromatic nitrogens is 2. The van der Waals surface area contributed by atoms with E-state index in [4.69, 9.17) is 0 Å². The summed E-state index contributed by atoms with van der Waals surface area (Å²) >= 11 is 0. The summed E-state index contributed by atoms with van der Waals surface area (Å²) in [5, 5.41) is 11.8. The number of hydrogen-bond acceptors (Lipinski definition) is 3. The molecule has 8 heteroatoms. The Hall–Kier alpha value is -3.86. The van der Waals surface area contributed by atoms with Crippen molar-refractivity contribution in [2.24, 2.45) is 0 Å². The number of benzene rings is 1. The number of pyridine rings is 1. The maximum Gasteiger partial charge on any atom is 0.416 e. The summed E-state index contributed by atoms with van der Waals surface area (Å²) in [6.07, 6.45) is -1.42. The Kier molecular flexibility index (Phi) is 5.97. The molecule has 3 rings (SSSR count). The minimum atomic E-state index is -4.53. The van der Waals surface area contributed by atoms with Crippen LogP contribution in [0.15, 0.2) is 54.2 Å². The fourth-order valence-electron chi connectivity index (χ4n) is 3.20. The van der Waals surface area contributed by atoms with Gasteiger partial charge < -0.3 is 9.88 Å². The molecular weight excluding hydrogens is 405 g/mol. The summed E-state index contributed by atoms with van der Waals surface area (Å²) in [4.78, 5) is 16.9. The number of carbonyl (C=O) groups is 1. The number of nitrogens with one attached hydrogen (secondary N) is 1. The molecule has 158 valence electrons. The number of anilines is 1. The highest BCUT2D eigenvalue weighted by atomic mass is 19.4. The number of rotatable bonds is 4. The Morgan fingerprint density at radius 3 is 2.55 bits per heavy atom. The highest BCUT2D eigenvalue weighted by Gasteiger charge is 2.30. The molecule has 31 heavy (non-hydrogen) atoms. The van der Waals surface area contributed by atoms with E-state index in [1.54, 1.807) is 6.20 Å². The van der Waals surface area contributed by atoms with E-state index >= 15 is 0 Å². The molecule has 0 saturated heterocycles. The highest BCUT2D eigenvalue weighted by Crippen LogP contribution is 2.31. The summed E-state index contributed by atoms with van der Waals surface area (Å²) in [5.74, 6) is -0.0816. The molecule has 3 aromatic rings. The van der Waals surface area contributed by atoms with E-state index < -0.39 is 17.6 Å². The molecule has 0 aliphatic carbocycles. The zero-order chi connectivity index (χ0) is 22.8. The van der Waals surface area contributed by atoms with Gasteiger partial charge in [-0.3, -0.25) is 4.79 Å². The number of amides is 1. The van der Waals surface area contributed by atoms with E-state index in [0.717, 1.165) is 29.1 Å². The van der Waals surface area contributed by atoms with Crippen LogP contribution >= 0.6 is 0 Å². The average molecular weight is 424 g/mol. The van der Waals surface area contributed by atoms with Crippen LogP contribution in [0.1, 0.15) is 28.1 Å². The van der Waals surface area contributed by atoms with Crippen molar-refractivity contribution in [3.05, 3.63) is 82.3 Å². The van der Waals surface area contributed by atoms with Gasteiger partial charge in [0.15, 0.2) is 0 Å². The third-order valence-electron chi connectivity index (χ3n) is 4.71. The van der Waals surface area contributed by atoms with Crippen LogP contribution in [0.5, 0.6) is 0 Å². The average Bonchev–Trinajstić information content (AvgIpc) is 2.98. The molecular formula is C23H19F3N4O. The van der Waals surface area contributed by atoms with Crippen molar-refractivity contribution in [1.82, 2.24) is 9.55 Å². The molecule has 1 N–H and O–H groups in total. The summed E-state index contributed by atoms with van der Waals surface area (Å²) in [6, 6.07) is 11.7. The summed E-state index contributed by atoms with van der Waals surface area (Å²) in [7, 11) is 0. The van der Waals surface area contributed by atoms with Gasteiger partial charge >= 0.3 is 6.18 Å². The lowest BCUT2D eigenvalue weighted by Gasteiger charge is -2.10. The van der Waals surface area contributed by atoms with Crippen molar-refractivity contribution in [3.63, 3.8) is 0 Å². The van der Waals surface area contributed by atoms with Crippen LogP contribution in [0, 0.1) is 32.1 Å². The van der Waals surface area contributed by atoms with Crippen molar-refractivity contribution >= 4 is 17.7 Å². The molecule has 0 unspecified atom stereocenters. The van der Waals surface area contributed by atoms with Gasteiger partial charge in [-0.25, -0.2) is 4.98 Å². The third-order valence-corrected chi connectivity index (χ3v) is 4.71. The SMILES string of the molecule is Cc1ccnc(-n2c(C)cc(/C=C(/C#N)C(=O)Nc3cccc(C(F)(F)F)c3)c2C)c1. The Morgan fingerprint density at radius 2 is 1.90 bits per heavy atom. The lowest BCUT2D eigenvalue weighted by molar-refractivity contribution is -0.137. The molecule has 0 radical (unpaired) electrons. The van der Waals surface area contributed by atoms with Gasteiger partial charge in [-0.15, -0.1) is 0 Å². The zero-order valence-corrected chi connectivity index (χ0v) is 17.1. The van der Waals surface area contributed by atoms with Crippen LogP contribution in [0.2, 0.25) is 0 Å². The first-order valence-electron chi connectivity index (χ1n) is 9.32. The molecule has 1 aromatic carbocycles. The molecule has 2 aromatic heterocycles. The second-order valence-electron chi connectivity index (χ2n) is 7.06. The van der Waals surface area contributed by atoms with Gasteiger partial charge in [0.25, 0.3) is 5.91 Å². The van der Waals surface area contributed by atoms with Gasteiger partial charge in [-0.1, -0.05) is 6.07 Å². The molecule has 1 amide bonds. The molecule has 0 spiro atoms. The van der Waals surface area contributed by atoms with Crippen molar-refractivity contribution in [1.29, 1.82) is 5.26 Å². The summed E-state index contributed by atoms with van der Waals surface area (Å²) < 4.78 is 40.6. The van der Waals surface area contributed by atoms with Crippen LogP contribution < -0.4 is 5.32 Å². The largest absolute Gasteiger partial charge is 0.416 e. The van der Waals surface area contributed by atoms with Gasteiger partial charge in [0.2, 0.25) is 0 Å². The van der Waals surface area contributed by atoms with Crippen molar-refractivity contribution in [3.8, 4) is 11.9 Å². The Bertz CT molecular complexity index is 1220. The Balaban J connectivity index is 1.91. The van der Waals surface area contributed by atoms with Crippen molar-refractivity contribution in [2.75, 3.05) is 5.32 Å². The first kappa shape index (κ1) is 21.8. The van der Waals surface area contributed by atoms with Crippen LogP contribution in [0.25, 0.3) is 11.9 Å². The highest BCUT2D eigenvalue weighted by molar-refractivity contribution is 6.09. The monoisotopic (exact) mass is 424 g/mol. The van der Waals surface area contributed by atoms with E-state index in [1.165, 1.54) is 18.2 Å². The predicted octanol–water partition coefficient (Wildman–Crippen LogP) is 5.36. The number of nitriles is 1. The van der Waals surface area contributed by atoms with Crippen molar-refractivity contribution < 1.29 is 18.0 Å². The number of nitrogens with zero attached hydrogens (tertiary/aromatic N) is 3. The predicted molar refractivity (Wildman–Crippen MR) is 111 cm³/mol. The number of alkyl halides is 3. The number of hydrogen-bond donors (Lipinski definition) is 1. The molecule has 0 aliphatic rings. The topological polar surface area (TPSA) is 70.7 Å². The summed E-state index contributed by atoms with van der Waals surface area (Å²) in [6.45, 7) is 5.66. The maximum atomic E-state index is 12.9. The fourth-order valence-corrected chi connectivity index (χ4v) is 3.20. The molecule has 0 bridgehead atoms. The molecule has 0 atom stereocenters. The van der Waals surface area contributed by atoms with E-state index in [2.05, 4.69) is 10.3 Å². The quantitative estimate of drug-likeness (QED) is 0.453.